The van der Waals surface area contributed by atoms with Gasteiger partial charge >= 0.3 is 18.1 Å². The summed E-state index contributed by atoms with van der Waals surface area (Å²) in [6.45, 7) is 3.56. The number of halogens is 3. The van der Waals surface area contributed by atoms with Gasteiger partial charge in [0.1, 0.15) is 6.04 Å². The van der Waals surface area contributed by atoms with Crippen LogP contribution in [0.2, 0.25) is 0 Å². The fourth-order valence-electron chi connectivity index (χ4n) is 2.71. The SMILES string of the molecule is CC=CC1CC(C(=O)OC(=O)C(F)(F)F)N(CCC(=CO)NC(C)=O)C1. The number of carbonyl (C=O) groups is 3. The van der Waals surface area contributed by atoms with E-state index in [2.05, 4.69) is 10.1 Å². The highest BCUT2D eigenvalue weighted by atomic mass is 19.4. The lowest BCUT2D eigenvalue weighted by Gasteiger charge is -2.23. The second-order valence-electron chi connectivity index (χ2n) is 5.82. The number of amides is 1. The number of hydrogen-bond donors (Lipinski definition) is 2. The van der Waals surface area contributed by atoms with Gasteiger partial charge in [-0.25, -0.2) is 9.59 Å². The molecule has 1 amide bonds. The number of ether oxygens (including phenoxy) is 1. The van der Waals surface area contributed by atoms with Gasteiger partial charge in [0, 0.05) is 26.4 Å². The van der Waals surface area contributed by atoms with E-state index in [0.717, 1.165) is 0 Å². The third kappa shape index (κ3) is 6.51. The molecule has 1 rings (SSSR count). The van der Waals surface area contributed by atoms with Gasteiger partial charge in [0.25, 0.3) is 0 Å². The number of nitrogens with one attached hydrogen (secondary N) is 1. The van der Waals surface area contributed by atoms with E-state index in [4.69, 9.17) is 5.11 Å². The van der Waals surface area contributed by atoms with E-state index in [1.165, 1.54) is 6.92 Å². The topological polar surface area (TPSA) is 95.9 Å². The Morgan fingerprint density at radius 1 is 1.35 bits per heavy atom. The first-order valence-electron chi connectivity index (χ1n) is 7.89. The first-order valence-corrected chi connectivity index (χ1v) is 7.89. The molecule has 0 saturated carbocycles. The number of aliphatic hydroxyl groups excluding tert-OH is 1. The van der Waals surface area contributed by atoms with Gasteiger partial charge < -0.3 is 15.2 Å². The predicted molar refractivity (Wildman–Crippen MR) is 84.6 cm³/mol. The number of nitrogens with zero attached hydrogens (tertiary/aromatic N) is 1. The largest absolute Gasteiger partial charge is 0.514 e. The first-order chi connectivity index (χ1) is 12.1. The van der Waals surface area contributed by atoms with Crippen LogP contribution >= 0.6 is 0 Å². The molecule has 0 bridgehead atoms. The first kappa shape index (κ1) is 21.7. The van der Waals surface area contributed by atoms with Crippen LogP contribution in [0, 0.1) is 5.92 Å². The Morgan fingerprint density at radius 2 is 2.00 bits per heavy atom. The lowest BCUT2D eigenvalue weighted by atomic mass is 10.1. The fourth-order valence-corrected chi connectivity index (χ4v) is 2.71. The highest BCUT2D eigenvalue weighted by molar-refractivity contribution is 5.91. The maximum absolute atomic E-state index is 12.3. The standard InChI is InChI=1S/C16H21F3N2O5/c1-3-4-11-7-13(14(24)26-15(25)16(17,18)19)21(8-11)6-5-12(9-22)20-10(2)23/h3-4,9,11,13,22H,5-8H2,1-2H3,(H,20,23). The summed E-state index contributed by atoms with van der Waals surface area (Å²) >= 11 is 0. The lowest BCUT2D eigenvalue weighted by Crippen LogP contribution is -2.41. The van der Waals surface area contributed by atoms with E-state index in [1.807, 2.05) is 6.08 Å². The molecule has 2 N–H and O–H groups in total. The van der Waals surface area contributed by atoms with Crippen molar-refractivity contribution >= 4 is 17.8 Å². The Bertz CT molecular complexity index is 601. The van der Waals surface area contributed by atoms with Crippen LogP contribution in [0.15, 0.2) is 24.1 Å². The second kappa shape index (κ2) is 9.37. The van der Waals surface area contributed by atoms with Crippen LogP contribution in [0.3, 0.4) is 0 Å². The summed E-state index contributed by atoms with van der Waals surface area (Å²) in [5, 5.41) is 11.5. The zero-order valence-electron chi connectivity index (χ0n) is 14.4. The third-order valence-corrected chi connectivity index (χ3v) is 3.76. The molecule has 1 saturated heterocycles. The molecule has 2 unspecified atom stereocenters. The number of hydrogen-bond acceptors (Lipinski definition) is 6. The number of rotatable bonds is 6. The van der Waals surface area contributed by atoms with Gasteiger partial charge in [0.15, 0.2) is 0 Å². The van der Waals surface area contributed by atoms with E-state index in [9.17, 15) is 27.6 Å². The smallest absolute Gasteiger partial charge is 0.491 e. The van der Waals surface area contributed by atoms with Crippen molar-refractivity contribution in [3.8, 4) is 0 Å². The zero-order valence-corrected chi connectivity index (χ0v) is 14.4. The third-order valence-electron chi connectivity index (χ3n) is 3.76. The molecule has 0 aliphatic carbocycles. The summed E-state index contributed by atoms with van der Waals surface area (Å²) in [5.41, 5.74) is 0.200. The molecular weight excluding hydrogens is 357 g/mol. The summed E-state index contributed by atoms with van der Waals surface area (Å²) in [7, 11) is 0. The highest BCUT2D eigenvalue weighted by Gasteiger charge is 2.45. The minimum absolute atomic E-state index is 0.0964. The minimum Gasteiger partial charge on any atom is -0.514 e. The van der Waals surface area contributed by atoms with Crippen LogP contribution in [-0.4, -0.2) is 53.2 Å². The van der Waals surface area contributed by atoms with Gasteiger partial charge in [0.05, 0.1) is 12.0 Å². The molecule has 0 spiro atoms. The maximum atomic E-state index is 12.3. The Kier molecular flexibility index (Phi) is 7.81. The van der Waals surface area contributed by atoms with Crippen molar-refractivity contribution in [3.05, 3.63) is 24.1 Å². The van der Waals surface area contributed by atoms with Crippen LogP contribution < -0.4 is 5.32 Å². The molecule has 146 valence electrons. The van der Waals surface area contributed by atoms with Gasteiger partial charge in [-0.1, -0.05) is 12.2 Å². The summed E-state index contributed by atoms with van der Waals surface area (Å²) in [6, 6.07) is -1.03. The van der Waals surface area contributed by atoms with E-state index < -0.39 is 30.1 Å². The highest BCUT2D eigenvalue weighted by Crippen LogP contribution is 2.27. The van der Waals surface area contributed by atoms with Crippen molar-refractivity contribution in [2.24, 2.45) is 5.92 Å². The summed E-state index contributed by atoms with van der Waals surface area (Å²) < 4.78 is 40.8. The van der Waals surface area contributed by atoms with Gasteiger partial charge in [-0.3, -0.25) is 9.69 Å². The van der Waals surface area contributed by atoms with Crippen LogP contribution in [-0.2, 0) is 19.1 Å². The van der Waals surface area contributed by atoms with Crippen molar-refractivity contribution in [2.45, 2.75) is 38.9 Å². The van der Waals surface area contributed by atoms with Gasteiger partial charge in [0.2, 0.25) is 5.91 Å². The van der Waals surface area contributed by atoms with E-state index in [-0.39, 0.29) is 31.0 Å². The molecule has 1 fully saturated rings. The molecule has 26 heavy (non-hydrogen) atoms. The lowest BCUT2D eigenvalue weighted by molar-refractivity contribution is -0.203. The van der Waals surface area contributed by atoms with Crippen molar-refractivity contribution in [3.63, 3.8) is 0 Å². The number of likely N-dealkylation sites (tertiary alicyclic amines) is 1. The quantitative estimate of drug-likeness (QED) is 0.317. The van der Waals surface area contributed by atoms with Gasteiger partial charge in [-0.2, -0.15) is 13.2 Å². The van der Waals surface area contributed by atoms with Crippen LogP contribution in [0.1, 0.15) is 26.7 Å². The Balaban J connectivity index is 2.80. The van der Waals surface area contributed by atoms with E-state index >= 15 is 0 Å². The molecule has 0 radical (unpaired) electrons. The maximum Gasteiger partial charge on any atom is 0.491 e. The number of aliphatic hydroxyl groups is 1. The number of alkyl halides is 3. The molecule has 0 aromatic rings. The van der Waals surface area contributed by atoms with Crippen molar-refractivity contribution in [1.82, 2.24) is 10.2 Å². The van der Waals surface area contributed by atoms with E-state index in [1.54, 1.807) is 17.9 Å². The van der Waals surface area contributed by atoms with Crippen LogP contribution in [0.5, 0.6) is 0 Å². The molecule has 1 aliphatic rings. The summed E-state index contributed by atoms with van der Waals surface area (Å²) in [5.74, 6) is -4.31. The molecule has 0 aromatic heterocycles. The molecular formula is C16H21F3N2O5. The molecule has 0 aromatic carbocycles. The number of carbonyl (C=O) groups excluding carboxylic acids is 3. The molecule has 7 nitrogen and oxygen atoms in total. The minimum atomic E-state index is -5.25. The number of esters is 2. The Labute approximate surface area is 148 Å². The van der Waals surface area contributed by atoms with Crippen LogP contribution in [0.25, 0.3) is 0 Å². The van der Waals surface area contributed by atoms with Crippen molar-refractivity contribution in [1.29, 1.82) is 0 Å². The fraction of sp³-hybridized carbons (Fsp3) is 0.562. The summed E-state index contributed by atoms with van der Waals surface area (Å²) in [4.78, 5) is 35.5. The normalized spacial score (nSPS) is 21.8. The van der Waals surface area contributed by atoms with Crippen LogP contribution in [0.4, 0.5) is 13.2 Å². The zero-order chi connectivity index (χ0) is 19.9. The van der Waals surface area contributed by atoms with Gasteiger partial charge in [-0.05, 0) is 19.3 Å². The molecule has 1 aliphatic heterocycles. The Hall–Kier alpha value is -2.36. The molecule has 10 heteroatoms. The number of allylic oxidation sites excluding steroid dienone is 1. The van der Waals surface area contributed by atoms with Crippen molar-refractivity contribution in [2.75, 3.05) is 13.1 Å². The van der Waals surface area contributed by atoms with Gasteiger partial charge in [-0.15, -0.1) is 0 Å². The van der Waals surface area contributed by atoms with Crippen molar-refractivity contribution < 1.29 is 37.4 Å². The predicted octanol–water partition coefficient (Wildman–Crippen LogP) is 1.81. The average Bonchev–Trinajstić information content (AvgIpc) is 2.93. The summed E-state index contributed by atoms with van der Waals surface area (Å²) in [6.07, 6.45) is -0.625. The van der Waals surface area contributed by atoms with E-state index in [0.29, 0.717) is 12.8 Å². The second-order valence-corrected chi connectivity index (χ2v) is 5.82. The Morgan fingerprint density at radius 3 is 2.50 bits per heavy atom. The molecule has 1 heterocycles. The average molecular weight is 378 g/mol. The monoisotopic (exact) mass is 378 g/mol. The molecule has 2 atom stereocenters.